The predicted molar refractivity (Wildman–Crippen MR) is 119 cm³/mol. The average molecular weight is 433 g/mol. The standard InChI is InChI=1S/C20H24N4O3S2/c1-27-17-9-7-15(8-10-17)11-13-22-20(28)23-16-4-2-5-18(14-16)29(25,26)24-19-6-3-12-21-19/h2,4-5,7-10,14H,3,6,11-13H2,1H3,(H,21,24)(H2,22,23,28). The van der Waals surface area contributed by atoms with Crippen LogP contribution in [0, 0.1) is 0 Å². The van der Waals surface area contributed by atoms with Crippen LogP contribution in [0.5, 0.6) is 5.75 Å². The molecule has 29 heavy (non-hydrogen) atoms. The van der Waals surface area contributed by atoms with Crippen LogP contribution in [0.1, 0.15) is 18.4 Å². The number of rotatable bonds is 7. The highest BCUT2D eigenvalue weighted by Gasteiger charge is 2.18. The number of aliphatic imine (C=N–C) groups is 1. The number of amidine groups is 1. The maximum Gasteiger partial charge on any atom is 0.262 e. The number of nitrogens with zero attached hydrogens (tertiary/aromatic N) is 1. The number of ether oxygens (including phenoxy) is 1. The zero-order valence-corrected chi connectivity index (χ0v) is 17.8. The van der Waals surface area contributed by atoms with Crippen LogP contribution in [-0.2, 0) is 16.4 Å². The van der Waals surface area contributed by atoms with Crippen molar-refractivity contribution in [2.24, 2.45) is 4.99 Å². The van der Waals surface area contributed by atoms with Gasteiger partial charge in [-0.1, -0.05) is 18.2 Å². The zero-order chi connectivity index (χ0) is 20.7. The summed E-state index contributed by atoms with van der Waals surface area (Å²) >= 11 is 5.32. The fourth-order valence-corrected chi connectivity index (χ4v) is 4.22. The number of nitrogens with one attached hydrogen (secondary N) is 3. The molecule has 0 spiro atoms. The Kier molecular flexibility index (Phi) is 7.05. The molecule has 0 atom stereocenters. The minimum atomic E-state index is -3.66. The number of anilines is 1. The first kappa shape index (κ1) is 21.1. The molecule has 7 nitrogen and oxygen atoms in total. The van der Waals surface area contributed by atoms with Crippen molar-refractivity contribution in [3.8, 4) is 5.75 Å². The number of sulfonamides is 1. The Labute approximate surface area is 176 Å². The summed E-state index contributed by atoms with van der Waals surface area (Å²) in [6, 6.07) is 14.4. The first-order valence-corrected chi connectivity index (χ1v) is 11.2. The third-order valence-corrected chi connectivity index (χ3v) is 6.01. The van der Waals surface area contributed by atoms with Gasteiger partial charge in [-0.2, -0.15) is 0 Å². The molecule has 0 aromatic heterocycles. The molecule has 3 rings (SSSR count). The van der Waals surface area contributed by atoms with Gasteiger partial charge in [0.05, 0.1) is 12.0 Å². The molecule has 0 amide bonds. The molecule has 2 aromatic carbocycles. The van der Waals surface area contributed by atoms with Crippen LogP contribution < -0.4 is 20.1 Å². The maximum absolute atomic E-state index is 12.5. The van der Waals surface area contributed by atoms with Gasteiger partial charge in [-0.25, -0.2) is 8.42 Å². The largest absolute Gasteiger partial charge is 0.497 e. The minimum Gasteiger partial charge on any atom is -0.497 e. The molecule has 0 radical (unpaired) electrons. The van der Waals surface area contributed by atoms with Gasteiger partial charge >= 0.3 is 0 Å². The molecular formula is C20H24N4O3S2. The van der Waals surface area contributed by atoms with E-state index >= 15 is 0 Å². The lowest BCUT2D eigenvalue weighted by molar-refractivity contribution is 0.414. The van der Waals surface area contributed by atoms with Gasteiger partial charge in [0.1, 0.15) is 11.6 Å². The summed E-state index contributed by atoms with van der Waals surface area (Å²) in [5.74, 6) is 1.34. The van der Waals surface area contributed by atoms with E-state index in [0.717, 1.165) is 24.2 Å². The molecule has 0 unspecified atom stereocenters. The van der Waals surface area contributed by atoms with Gasteiger partial charge in [0.15, 0.2) is 5.11 Å². The molecular weight excluding hydrogens is 408 g/mol. The molecule has 9 heteroatoms. The predicted octanol–water partition coefficient (Wildman–Crippen LogP) is 2.69. The monoisotopic (exact) mass is 432 g/mol. The van der Waals surface area contributed by atoms with Crippen LogP contribution in [0.4, 0.5) is 5.69 Å². The summed E-state index contributed by atoms with van der Waals surface area (Å²) in [6.45, 7) is 1.31. The molecule has 0 bridgehead atoms. The van der Waals surface area contributed by atoms with Crippen molar-refractivity contribution in [1.29, 1.82) is 0 Å². The maximum atomic E-state index is 12.5. The smallest absolute Gasteiger partial charge is 0.262 e. The second-order valence-electron chi connectivity index (χ2n) is 6.54. The van der Waals surface area contributed by atoms with E-state index in [9.17, 15) is 8.42 Å². The van der Waals surface area contributed by atoms with Gasteiger partial charge < -0.3 is 15.4 Å². The van der Waals surface area contributed by atoms with E-state index in [2.05, 4.69) is 20.3 Å². The molecule has 154 valence electrons. The third-order valence-electron chi connectivity index (χ3n) is 4.39. The van der Waals surface area contributed by atoms with E-state index in [1.54, 1.807) is 31.4 Å². The van der Waals surface area contributed by atoms with Gasteiger partial charge in [0.25, 0.3) is 10.0 Å². The Morgan fingerprint density at radius 1 is 1.21 bits per heavy atom. The fourth-order valence-electron chi connectivity index (χ4n) is 2.87. The molecule has 0 aliphatic carbocycles. The second-order valence-corrected chi connectivity index (χ2v) is 8.63. The number of hydrogen-bond acceptors (Lipinski definition) is 5. The summed E-state index contributed by atoms with van der Waals surface area (Å²) < 4.78 is 32.7. The van der Waals surface area contributed by atoms with Gasteiger partial charge in [-0.05, 0) is 61.0 Å². The lowest BCUT2D eigenvalue weighted by Gasteiger charge is -2.12. The van der Waals surface area contributed by atoms with Gasteiger partial charge in [0, 0.05) is 25.2 Å². The Bertz CT molecular complexity index is 989. The SMILES string of the molecule is COc1ccc(CCNC(=S)Nc2cccc(S(=O)(=O)NC3=NCCC3)c2)cc1. The van der Waals surface area contributed by atoms with Crippen LogP contribution in [0.3, 0.4) is 0 Å². The van der Waals surface area contributed by atoms with Crippen molar-refractivity contribution >= 4 is 38.9 Å². The topological polar surface area (TPSA) is 91.8 Å². The molecule has 0 fully saturated rings. The lowest BCUT2D eigenvalue weighted by Crippen LogP contribution is -2.31. The first-order valence-electron chi connectivity index (χ1n) is 9.30. The summed E-state index contributed by atoms with van der Waals surface area (Å²) in [5.41, 5.74) is 1.76. The molecule has 1 heterocycles. The van der Waals surface area contributed by atoms with Crippen LogP contribution in [-0.4, -0.2) is 39.6 Å². The normalized spacial score (nSPS) is 13.5. The highest BCUT2D eigenvalue weighted by Crippen LogP contribution is 2.16. The van der Waals surface area contributed by atoms with E-state index in [1.165, 1.54) is 0 Å². The summed E-state index contributed by atoms with van der Waals surface area (Å²) in [5, 5.41) is 6.59. The highest BCUT2D eigenvalue weighted by molar-refractivity contribution is 7.90. The van der Waals surface area contributed by atoms with Crippen LogP contribution >= 0.6 is 12.2 Å². The third kappa shape index (κ3) is 6.16. The van der Waals surface area contributed by atoms with Gasteiger partial charge in [0.2, 0.25) is 0 Å². The summed E-state index contributed by atoms with van der Waals surface area (Å²) in [6.07, 6.45) is 2.32. The van der Waals surface area contributed by atoms with Crippen molar-refractivity contribution in [3.63, 3.8) is 0 Å². The van der Waals surface area contributed by atoms with Crippen molar-refractivity contribution in [2.45, 2.75) is 24.2 Å². The van der Waals surface area contributed by atoms with Crippen LogP contribution in [0.25, 0.3) is 0 Å². The fraction of sp³-hybridized carbons (Fsp3) is 0.300. The van der Waals surface area contributed by atoms with E-state index in [1.807, 2.05) is 24.3 Å². The number of benzene rings is 2. The van der Waals surface area contributed by atoms with E-state index in [4.69, 9.17) is 17.0 Å². The molecule has 1 aliphatic rings. The lowest BCUT2D eigenvalue weighted by atomic mass is 10.1. The van der Waals surface area contributed by atoms with E-state index in [-0.39, 0.29) is 4.90 Å². The van der Waals surface area contributed by atoms with Crippen molar-refractivity contribution < 1.29 is 13.2 Å². The summed E-state index contributed by atoms with van der Waals surface area (Å²) in [7, 11) is -2.02. The van der Waals surface area contributed by atoms with Crippen molar-refractivity contribution in [2.75, 3.05) is 25.5 Å². The molecule has 2 aromatic rings. The number of thiocarbonyl (C=S) groups is 1. The van der Waals surface area contributed by atoms with Crippen LogP contribution in [0.15, 0.2) is 58.4 Å². The number of methoxy groups -OCH3 is 1. The van der Waals surface area contributed by atoms with Gasteiger partial charge in [-0.15, -0.1) is 0 Å². The highest BCUT2D eigenvalue weighted by atomic mass is 32.2. The number of hydrogen-bond donors (Lipinski definition) is 3. The molecule has 1 aliphatic heterocycles. The average Bonchev–Trinajstić information content (AvgIpc) is 3.21. The minimum absolute atomic E-state index is 0.165. The Morgan fingerprint density at radius 3 is 2.69 bits per heavy atom. The zero-order valence-electron chi connectivity index (χ0n) is 16.1. The Balaban J connectivity index is 1.53. The second kappa shape index (κ2) is 9.71. The molecule has 3 N–H and O–H groups in total. The van der Waals surface area contributed by atoms with Crippen LogP contribution in [0.2, 0.25) is 0 Å². The molecule has 0 saturated carbocycles. The van der Waals surface area contributed by atoms with E-state index in [0.29, 0.717) is 36.1 Å². The summed E-state index contributed by atoms with van der Waals surface area (Å²) in [4.78, 5) is 4.32. The first-order chi connectivity index (χ1) is 14.0. The molecule has 0 saturated heterocycles. The van der Waals surface area contributed by atoms with Gasteiger partial charge in [-0.3, -0.25) is 9.71 Å². The van der Waals surface area contributed by atoms with Crippen molar-refractivity contribution in [1.82, 2.24) is 10.0 Å². The Morgan fingerprint density at radius 2 is 2.00 bits per heavy atom. The Hall–Kier alpha value is -2.65. The van der Waals surface area contributed by atoms with E-state index < -0.39 is 10.0 Å². The quantitative estimate of drug-likeness (QED) is 0.583. The van der Waals surface area contributed by atoms with Crippen molar-refractivity contribution in [3.05, 3.63) is 54.1 Å².